The Bertz CT molecular complexity index is 1010. The van der Waals surface area contributed by atoms with Crippen molar-refractivity contribution in [3.8, 4) is 5.88 Å². The van der Waals surface area contributed by atoms with Gasteiger partial charge in [-0.05, 0) is 26.7 Å². The number of hydrogen-bond acceptors (Lipinski definition) is 8. The Morgan fingerprint density at radius 3 is 3.07 bits per heavy atom. The van der Waals surface area contributed by atoms with Crippen LogP contribution in [0, 0.1) is 17.0 Å². The smallest absolute Gasteiger partial charge is 0.352 e. The van der Waals surface area contributed by atoms with E-state index in [0.29, 0.717) is 25.3 Å². The molecule has 0 radical (unpaired) electrons. The molecule has 1 fully saturated rings. The summed E-state index contributed by atoms with van der Waals surface area (Å²) in [5.41, 5.74) is 1.19. The Morgan fingerprint density at radius 1 is 1.41 bits per heavy atom. The molecule has 0 aromatic carbocycles. The van der Waals surface area contributed by atoms with Gasteiger partial charge in [-0.1, -0.05) is 0 Å². The summed E-state index contributed by atoms with van der Waals surface area (Å²) in [6, 6.07) is 0.0740. The highest BCUT2D eigenvalue weighted by Crippen LogP contribution is 2.35. The SMILES string of the molecule is Cc1c([N+](=O)[O-])c(OCCCn2ncc3cncnc32)nn1C1CCOC(C)C1. The predicted octanol–water partition coefficient (Wildman–Crippen LogP) is 2.45. The van der Waals surface area contributed by atoms with Crippen molar-refractivity contribution in [2.24, 2.45) is 0 Å². The van der Waals surface area contributed by atoms with Crippen LogP contribution in [0.2, 0.25) is 0 Å². The maximum Gasteiger partial charge on any atom is 0.352 e. The number of aromatic nitrogens is 6. The van der Waals surface area contributed by atoms with Gasteiger partial charge in [0.1, 0.15) is 12.0 Å². The van der Waals surface area contributed by atoms with Crippen LogP contribution in [-0.2, 0) is 11.3 Å². The van der Waals surface area contributed by atoms with E-state index in [9.17, 15) is 10.1 Å². The second-order valence-corrected chi connectivity index (χ2v) is 7.17. The van der Waals surface area contributed by atoms with E-state index in [1.807, 2.05) is 6.92 Å². The summed E-state index contributed by atoms with van der Waals surface area (Å²) in [6.45, 7) is 5.20. The van der Waals surface area contributed by atoms with Crippen LogP contribution in [0.3, 0.4) is 0 Å². The molecule has 4 rings (SSSR count). The fourth-order valence-corrected chi connectivity index (χ4v) is 3.72. The van der Waals surface area contributed by atoms with Crippen LogP contribution in [0.1, 0.15) is 37.9 Å². The third-order valence-electron chi connectivity index (χ3n) is 5.13. The average Bonchev–Trinajstić information content (AvgIpc) is 3.26. The van der Waals surface area contributed by atoms with Gasteiger partial charge in [0, 0.05) is 25.8 Å². The highest BCUT2D eigenvalue weighted by Gasteiger charge is 2.31. The molecule has 0 N–H and O–H groups in total. The number of ether oxygens (including phenoxy) is 2. The van der Waals surface area contributed by atoms with Crippen LogP contribution in [0.25, 0.3) is 11.0 Å². The number of fused-ring (bicyclic) bond motifs is 1. The maximum absolute atomic E-state index is 11.6. The lowest BCUT2D eigenvalue weighted by molar-refractivity contribution is -0.386. The normalized spacial score (nSPS) is 19.5. The van der Waals surface area contributed by atoms with Crippen LogP contribution in [0.15, 0.2) is 18.7 Å². The average molecular weight is 401 g/mol. The molecule has 2 unspecified atom stereocenters. The number of hydrogen-bond donors (Lipinski definition) is 0. The highest BCUT2D eigenvalue weighted by atomic mass is 16.6. The molecule has 2 atom stereocenters. The first kappa shape index (κ1) is 19.2. The van der Waals surface area contributed by atoms with Crippen molar-refractivity contribution in [1.82, 2.24) is 29.5 Å². The molecule has 1 aliphatic heterocycles. The van der Waals surface area contributed by atoms with E-state index < -0.39 is 4.92 Å². The lowest BCUT2D eigenvalue weighted by atomic mass is 10.0. The Hall–Kier alpha value is -3.08. The molecular formula is C18H23N7O4. The minimum Gasteiger partial charge on any atom is -0.472 e. The minimum absolute atomic E-state index is 0.0681. The van der Waals surface area contributed by atoms with Gasteiger partial charge < -0.3 is 9.47 Å². The van der Waals surface area contributed by atoms with Crippen molar-refractivity contribution in [3.63, 3.8) is 0 Å². The summed E-state index contributed by atoms with van der Waals surface area (Å²) in [4.78, 5) is 19.4. The number of nitro groups is 1. The van der Waals surface area contributed by atoms with Crippen LogP contribution in [0.5, 0.6) is 5.88 Å². The Morgan fingerprint density at radius 2 is 2.28 bits per heavy atom. The van der Waals surface area contributed by atoms with Crippen molar-refractivity contribution < 1.29 is 14.4 Å². The number of aryl methyl sites for hydroxylation is 1. The van der Waals surface area contributed by atoms with E-state index in [-0.39, 0.29) is 30.3 Å². The first-order valence-corrected chi connectivity index (χ1v) is 9.64. The quantitative estimate of drug-likeness (QED) is 0.336. The molecule has 1 saturated heterocycles. The van der Waals surface area contributed by atoms with Crippen molar-refractivity contribution in [1.29, 1.82) is 0 Å². The molecule has 11 heteroatoms. The summed E-state index contributed by atoms with van der Waals surface area (Å²) in [7, 11) is 0. The van der Waals surface area contributed by atoms with E-state index in [1.165, 1.54) is 6.33 Å². The topological polar surface area (TPSA) is 123 Å². The van der Waals surface area contributed by atoms with Gasteiger partial charge >= 0.3 is 11.6 Å². The largest absolute Gasteiger partial charge is 0.472 e. The van der Waals surface area contributed by atoms with E-state index >= 15 is 0 Å². The molecule has 3 aromatic heterocycles. The van der Waals surface area contributed by atoms with Gasteiger partial charge in [0.2, 0.25) is 0 Å². The second-order valence-electron chi connectivity index (χ2n) is 7.17. The molecule has 29 heavy (non-hydrogen) atoms. The highest BCUT2D eigenvalue weighted by molar-refractivity contribution is 5.72. The molecule has 154 valence electrons. The Labute approximate surface area is 166 Å². The first-order chi connectivity index (χ1) is 14.0. The molecule has 0 saturated carbocycles. The zero-order valence-electron chi connectivity index (χ0n) is 16.4. The molecule has 3 aromatic rings. The van der Waals surface area contributed by atoms with Crippen LogP contribution >= 0.6 is 0 Å². The summed E-state index contributed by atoms with van der Waals surface area (Å²) in [5, 5.41) is 21.2. The monoisotopic (exact) mass is 401 g/mol. The van der Waals surface area contributed by atoms with Crippen molar-refractivity contribution >= 4 is 16.7 Å². The van der Waals surface area contributed by atoms with E-state index in [4.69, 9.17) is 9.47 Å². The lowest BCUT2D eigenvalue weighted by Gasteiger charge is -2.27. The lowest BCUT2D eigenvalue weighted by Crippen LogP contribution is -2.26. The van der Waals surface area contributed by atoms with E-state index in [0.717, 1.165) is 23.9 Å². The van der Waals surface area contributed by atoms with Crippen LogP contribution in [-0.4, -0.2) is 53.8 Å². The molecule has 0 amide bonds. The predicted molar refractivity (Wildman–Crippen MR) is 103 cm³/mol. The fraction of sp³-hybridized carbons (Fsp3) is 0.556. The Kier molecular flexibility index (Phi) is 5.38. The number of rotatable bonds is 7. The van der Waals surface area contributed by atoms with Crippen molar-refractivity contribution in [2.45, 2.75) is 51.8 Å². The number of nitrogens with zero attached hydrogens (tertiary/aromatic N) is 7. The van der Waals surface area contributed by atoms with Crippen molar-refractivity contribution in [2.75, 3.05) is 13.2 Å². The molecule has 0 spiro atoms. The zero-order valence-corrected chi connectivity index (χ0v) is 16.4. The minimum atomic E-state index is -0.422. The third kappa shape index (κ3) is 3.90. The fourth-order valence-electron chi connectivity index (χ4n) is 3.72. The molecule has 11 nitrogen and oxygen atoms in total. The van der Waals surface area contributed by atoms with Gasteiger partial charge in [-0.25, -0.2) is 14.6 Å². The van der Waals surface area contributed by atoms with E-state index in [2.05, 4.69) is 20.2 Å². The zero-order chi connectivity index (χ0) is 20.4. The van der Waals surface area contributed by atoms with Gasteiger partial charge in [-0.15, -0.1) is 5.10 Å². The van der Waals surface area contributed by atoms with Gasteiger partial charge in [0.15, 0.2) is 5.65 Å². The summed E-state index contributed by atoms with van der Waals surface area (Å²) in [5.74, 6) is 0.0688. The second kappa shape index (κ2) is 8.11. The molecule has 0 aliphatic carbocycles. The summed E-state index contributed by atoms with van der Waals surface area (Å²) in [6.07, 6.45) is 7.16. The van der Waals surface area contributed by atoms with Gasteiger partial charge in [0.25, 0.3) is 0 Å². The maximum atomic E-state index is 11.6. The van der Waals surface area contributed by atoms with E-state index in [1.54, 1.807) is 28.7 Å². The van der Waals surface area contributed by atoms with Gasteiger partial charge in [-0.3, -0.25) is 14.8 Å². The summed E-state index contributed by atoms with van der Waals surface area (Å²) < 4.78 is 14.8. The molecule has 4 heterocycles. The standard InChI is InChI=1S/C18H23N7O4/c1-12-8-15(4-7-28-12)24-13(2)16(25(26)27)18(22-24)29-6-3-5-23-17-14(10-21-23)9-19-11-20-17/h9-12,15H,3-8H2,1-2H3. The van der Waals surface area contributed by atoms with Gasteiger partial charge in [-0.2, -0.15) is 5.10 Å². The Balaban J connectivity index is 1.43. The summed E-state index contributed by atoms with van der Waals surface area (Å²) >= 11 is 0. The molecular weight excluding hydrogens is 378 g/mol. The molecule has 0 bridgehead atoms. The van der Waals surface area contributed by atoms with Crippen LogP contribution in [0.4, 0.5) is 5.69 Å². The first-order valence-electron chi connectivity index (χ1n) is 9.64. The molecule has 1 aliphatic rings. The van der Waals surface area contributed by atoms with Crippen molar-refractivity contribution in [3.05, 3.63) is 34.5 Å². The van der Waals surface area contributed by atoms with Crippen LogP contribution < -0.4 is 4.74 Å². The van der Waals surface area contributed by atoms with Gasteiger partial charge in [0.05, 0.1) is 35.3 Å². The third-order valence-corrected chi connectivity index (χ3v) is 5.13.